The first-order valence-electron chi connectivity index (χ1n) is 12.3. The second-order valence-electron chi connectivity index (χ2n) is 9.67. The molecule has 3 heterocycles. The number of ether oxygens (including phenoxy) is 1. The number of hydrogen-bond acceptors (Lipinski definition) is 7. The third-order valence-electron chi connectivity index (χ3n) is 6.53. The Labute approximate surface area is 220 Å². The van der Waals surface area contributed by atoms with Crippen molar-refractivity contribution in [3.8, 4) is 17.2 Å². The normalized spacial score (nSPS) is 17.5. The fourth-order valence-corrected chi connectivity index (χ4v) is 6.01. The predicted octanol–water partition coefficient (Wildman–Crippen LogP) is 6.03. The summed E-state index contributed by atoms with van der Waals surface area (Å²) >= 11 is 1.42. The number of nitrogens with two attached hydrogens (primary N) is 1. The maximum Gasteiger partial charge on any atom is 0.259 e. The van der Waals surface area contributed by atoms with Crippen LogP contribution in [0.2, 0.25) is 0 Å². The first-order chi connectivity index (χ1) is 17.7. The summed E-state index contributed by atoms with van der Waals surface area (Å²) in [5, 5.41) is 14.1. The van der Waals surface area contributed by atoms with Gasteiger partial charge in [0.15, 0.2) is 0 Å². The molecule has 1 aliphatic rings. The van der Waals surface area contributed by atoms with Crippen LogP contribution in [-0.4, -0.2) is 41.1 Å². The van der Waals surface area contributed by atoms with E-state index in [1.165, 1.54) is 11.3 Å². The molecule has 1 amide bonds. The monoisotopic (exact) mass is 511 g/mol. The zero-order valence-electron chi connectivity index (χ0n) is 21.3. The van der Waals surface area contributed by atoms with Gasteiger partial charge in [-0.3, -0.25) is 4.79 Å². The third kappa shape index (κ3) is 4.76. The number of thiophene rings is 1. The molecule has 2 atom stereocenters. The van der Waals surface area contributed by atoms with E-state index in [0.29, 0.717) is 40.3 Å². The van der Waals surface area contributed by atoms with Gasteiger partial charge in [0.05, 0.1) is 22.4 Å². The van der Waals surface area contributed by atoms with Gasteiger partial charge in [0.25, 0.3) is 5.91 Å². The zero-order valence-corrected chi connectivity index (χ0v) is 22.1. The first kappa shape index (κ1) is 24.8. The van der Waals surface area contributed by atoms with Crippen LogP contribution < -0.4 is 11.1 Å². The summed E-state index contributed by atoms with van der Waals surface area (Å²) in [5.74, 6) is -0.0163. The van der Waals surface area contributed by atoms with Crippen LogP contribution in [0, 0.1) is 25.2 Å². The molecule has 3 N–H and O–H groups in total. The highest BCUT2D eigenvalue weighted by Crippen LogP contribution is 2.45. The molecule has 0 aliphatic carbocycles. The number of anilines is 3. The van der Waals surface area contributed by atoms with E-state index in [-0.39, 0.29) is 23.9 Å². The summed E-state index contributed by atoms with van der Waals surface area (Å²) in [6.45, 7) is 8.96. The minimum atomic E-state index is -0.130. The van der Waals surface area contributed by atoms with E-state index in [1.807, 2.05) is 81.1 Å². The van der Waals surface area contributed by atoms with Crippen LogP contribution in [0.25, 0.3) is 21.3 Å². The lowest BCUT2D eigenvalue weighted by Gasteiger charge is -2.35. The summed E-state index contributed by atoms with van der Waals surface area (Å²) in [4.78, 5) is 20.5. The number of aryl methyl sites for hydroxylation is 2. The number of amides is 1. The number of nitrogen functional groups attached to an aromatic ring is 1. The van der Waals surface area contributed by atoms with Crippen LogP contribution in [0.4, 0.5) is 16.5 Å². The number of carbonyl (C=O) groups excluding carboxylic acids is 1. The van der Waals surface area contributed by atoms with Crippen molar-refractivity contribution in [2.45, 2.75) is 39.9 Å². The van der Waals surface area contributed by atoms with E-state index in [2.05, 4.69) is 16.4 Å². The molecule has 0 radical (unpaired) electrons. The van der Waals surface area contributed by atoms with E-state index in [1.54, 1.807) is 0 Å². The Morgan fingerprint density at radius 2 is 1.68 bits per heavy atom. The van der Waals surface area contributed by atoms with Gasteiger partial charge in [-0.15, -0.1) is 11.3 Å². The minimum absolute atomic E-state index is 0.0718. The van der Waals surface area contributed by atoms with E-state index in [0.717, 1.165) is 27.1 Å². The lowest BCUT2D eigenvalue weighted by Crippen LogP contribution is -2.48. The van der Waals surface area contributed by atoms with E-state index < -0.39 is 0 Å². The molecular formula is C29H29N5O2S. The van der Waals surface area contributed by atoms with E-state index >= 15 is 0 Å². The van der Waals surface area contributed by atoms with Crippen LogP contribution in [0.1, 0.15) is 40.9 Å². The van der Waals surface area contributed by atoms with Gasteiger partial charge >= 0.3 is 0 Å². The molecule has 0 bridgehead atoms. The molecule has 1 saturated heterocycles. The van der Waals surface area contributed by atoms with Crippen molar-refractivity contribution < 1.29 is 9.53 Å². The van der Waals surface area contributed by atoms with Crippen molar-refractivity contribution in [2.24, 2.45) is 0 Å². The van der Waals surface area contributed by atoms with E-state index in [9.17, 15) is 10.1 Å². The fraction of sp³-hybridized carbons (Fsp3) is 0.276. The molecule has 1 aliphatic heterocycles. The topological polar surface area (TPSA) is 104 Å². The van der Waals surface area contributed by atoms with Crippen LogP contribution in [0.3, 0.4) is 0 Å². The van der Waals surface area contributed by atoms with Crippen molar-refractivity contribution in [3.63, 3.8) is 0 Å². The molecule has 8 heteroatoms. The number of nitrogens with zero attached hydrogens (tertiary/aromatic N) is 3. The molecule has 1 fully saturated rings. The lowest BCUT2D eigenvalue weighted by atomic mass is 9.99. The number of rotatable bonds is 4. The van der Waals surface area contributed by atoms with Gasteiger partial charge in [0, 0.05) is 24.3 Å². The number of hydrogen-bond donors (Lipinski definition) is 2. The van der Waals surface area contributed by atoms with Crippen LogP contribution in [0.15, 0.2) is 48.5 Å². The average molecular weight is 512 g/mol. The van der Waals surface area contributed by atoms with Crippen molar-refractivity contribution >= 4 is 44.0 Å². The van der Waals surface area contributed by atoms with Crippen molar-refractivity contribution in [1.29, 1.82) is 5.26 Å². The highest BCUT2D eigenvalue weighted by atomic mass is 32.1. The van der Waals surface area contributed by atoms with E-state index in [4.69, 9.17) is 10.5 Å². The molecule has 7 nitrogen and oxygen atoms in total. The largest absolute Gasteiger partial charge is 0.383 e. The van der Waals surface area contributed by atoms with Crippen LogP contribution in [-0.2, 0) is 4.74 Å². The van der Waals surface area contributed by atoms with Crippen molar-refractivity contribution in [2.75, 3.05) is 24.1 Å². The quantitative estimate of drug-likeness (QED) is 0.347. The third-order valence-corrected chi connectivity index (χ3v) is 7.64. The second-order valence-corrected chi connectivity index (χ2v) is 10.7. The number of morpholine rings is 1. The zero-order chi connectivity index (χ0) is 26.3. The Bertz CT molecular complexity index is 1510. The highest BCUT2D eigenvalue weighted by Gasteiger charge is 2.32. The predicted molar refractivity (Wildman–Crippen MR) is 149 cm³/mol. The molecule has 0 saturated carbocycles. The Hall–Kier alpha value is -3.93. The summed E-state index contributed by atoms with van der Waals surface area (Å²) in [5.41, 5.74) is 12.3. The smallest absolute Gasteiger partial charge is 0.259 e. The van der Waals surface area contributed by atoms with Crippen molar-refractivity contribution in [3.05, 3.63) is 70.8 Å². The summed E-state index contributed by atoms with van der Waals surface area (Å²) in [6, 6.07) is 18.2. The summed E-state index contributed by atoms with van der Waals surface area (Å²) < 4.78 is 6.62. The average Bonchev–Trinajstić information content (AvgIpc) is 3.21. The lowest BCUT2D eigenvalue weighted by molar-refractivity contribution is -0.0585. The Morgan fingerprint density at radius 3 is 2.27 bits per heavy atom. The number of aromatic nitrogens is 1. The molecule has 5 rings (SSSR count). The van der Waals surface area contributed by atoms with Gasteiger partial charge in [0.1, 0.15) is 28.0 Å². The SMILES string of the molecule is Cc1ccc(Nc2sc3c(-c4ccc(C)cc4)c(C#N)c(N)nc3c2C(=O)N2CC(C)OC(C)C2)cc1. The molecule has 2 unspecified atom stereocenters. The van der Waals surface area contributed by atoms with Gasteiger partial charge in [0.2, 0.25) is 0 Å². The standard InChI is InChI=1S/C29H29N5O2S/c1-16-5-9-20(10-6-16)23-22(13-30)27(31)33-25-24(29(35)34-14-18(3)36-19(4)15-34)28(37-26(23)25)32-21-11-7-17(2)8-12-21/h5-12,18-19,32H,14-15H2,1-4H3,(H2,31,33). The molecule has 0 spiro atoms. The minimum Gasteiger partial charge on any atom is -0.383 e. The van der Waals surface area contributed by atoms with Gasteiger partial charge < -0.3 is 20.7 Å². The molecule has 2 aromatic heterocycles. The van der Waals surface area contributed by atoms with Gasteiger partial charge in [-0.05, 0) is 45.4 Å². The van der Waals surface area contributed by atoms with Gasteiger partial charge in [-0.2, -0.15) is 5.26 Å². The summed E-state index contributed by atoms with van der Waals surface area (Å²) in [6.07, 6.45) is -0.144. The molecule has 188 valence electrons. The Morgan fingerprint density at radius 1 is 1.08 bits per heavy atom. The molecule has 2 aromatic carbocycles. The molecule has 37 heavy (non-hydrogen) atoms. The number of carbonyl (C=O) groups is 1. The highest BCUT2D eigenvalue weighted by molar-refractivity contribution is 7.24. The number of fused-ring (bicyclic) bond motifs is 1. The Kier molecular flexibility index (Phi) is 6.59. The number of pyridine rings is 1. The second kappa shape index (κ2) is 9.85. The van der Waals surface area contributed by atoms with Gasteiger partial charge in [-0.1, -0.05) is 47.5 Å². The molecule has 4 aromatic rings. The first-order valence-corrected chi connectivity index (χ1v) is 13.1. The van der Waals surface area contributed by atoms with Crippen LogP contribution >= 0.6 is 11.3 Å². The number of nitriles is 1. The fourth-order valence-electron chi connectivity index (χ4n) is 4.78. The van der Waals surface area contributed by atoms with Gasteiger partial charge in [-0.25, -0.2) is 4.98 Å². The summed E-state index contributed by atoms with van der Waals surface area (Å²) in [7, 11) is 0. The maximum atomic E-state index is 14.1. The molecular weight excluding hydrogens is 482 g/mol. The maximum absolute atomic E-state index is 14.1. The number of benzene rings is 2. The van der Waals surface area contributed by atoms with Crippen LogP contribution in [0.5, 0.6) is 0 Å². The Balaban J connectivity index is 1.75. The van der Waals surface area contributed by atoms with Crippen molar-refractivity contribution in [1.82, 2.24) is 9.88 Å². The number of nitrogens with one attached hydrogen (secondary N) is 1.